The third-order valence-electron chi connectivity index (χ3n) is 3.72. The van der Waals surface area contributed by atoms with Crippen molar-refractivity contribution in [3.05, 3.63) is 72.3 Å². The number of hydrogen-bond donors (Lipinski definition) is 1. The summed E-state index contributed by atoms with van der Waals surface area (Å²) in [5.41, 5.74) is 3.42. The van der Waals surface area contributed by atoms with Gasteiger partial charge in [-0.25, -0.2) is 5.43 Å². The number of carbonyl (C=O) groups excluding carboxylic acids is 1. The smallest absolute Gasteiger partial charge is 0.277 e. The summed E-state index contributed by atoms with van der Waals surface area (Å²) in [5.74, 6) is 1.04. The van der Waals surface area contributed by atoms with Gasteiger partial charge < -0.3 is 9.47 Å². The lowest BCUT2D eigenvalue weighted by molar-refractivity contribution is -0.123. The summed E-state index contributed by atoms with van der Waals surface area (Å²) in [6.07, 6.45) is 1.64. The summed E-state index contributed by atoms with van der Waals surface area (Å²) in [6.45, 7) is 2.42. The van der Waals surface area contributed by atoms with Crippen molar-refractivity contribution in [2.45, 2.75) is 6.92 Å². The Morgan fingerprint density at radius 3 is 2.42 bits per heavy atom. The lowest BCUT2D eigenvalue weighted by Gasteiger charge is -2.07. The zero-order valence-electron chi connectivity index (χ0n) is 14.5. The SMILES string of the molecule is CCOc1ccc(OCC(=O)N/N=C\c2cccc3ccccc23)cc1. The average Bonchev–Trinajstić information content (AvgIpc) is 2.68. The molecule has 3 aromatic carbocycles. The van der Waals surface area contributed by atoms with Gasteiger partial charge in [0.2, 0.25) is 0 Å². The van der Waals surface area contributed by atoms with Crippen molar-refractivity contribution in [3.63, 3.8) is 0 Å². The Morgan fingerprint density at radius 2 is 1.65 bits per heavy atom. The van der Waals surface area contributed by atoms with Crippen LogP contribution in [0.15, 0.2) is 71.8 Å². The van der Waals surface area contributed by atoms with E-state index in [0.717, 1.165) is 22.1 Å². The third kappa shape index (κ3) is 4.60. The highest BCUT2D eigenvalue weighted by Gasteiger charge is 2.02. The molecule has 5 nitrogen and oxygen atoms in total. The number of nitrogens with zero attached hydrogens (tertiary/aromatic N) is 1. The van der Waals surface area contributed by atoms with E-state index >= 15 is 0 Å². The summed E-state index contributed by atoms with van der Waals surface area (Å²) in [6, 6.07) is 21.1. The van der Waals surface area contributed by atoms with Gasteiger partial charge in [-0.2, -0.15) is 5.10 Å². The van der Waals surface area contributed by atoms with Gasteiger partial charge in [-0.1, -0.05) is 42.5 Å². The largest absolute Gasteiger partial charge is 0.494 e. The fraction of sp³-hybridized carbons (Fsp3) is 0.143. The van der Waals surface area contributed by atoms with Crippen molar-refractivity contribution in [2.75, 3.05) is 13.2 Å². The first kappa shape index (κ1) is 17.5. The van der Waals surface area contributed by atoms with Crippen LogP contribution in [0.3, 0.4) is 0 Å². The van der Waals surface area contributed by atoms with E-state index in [0.29, 0.717) is 12.4 Å². The lowest BCUT2D eigenvalue weighted by atomic mass is 10.1. The second-order valence-electron chi connectivity index (χ2n) is 5.55. The lowest BCUT2D eigenvalue weighted by Crippen LogP contribution is -2.24. The molecule has 0 spiro atoms. The van der Waals surface area contributed by atoms with E-state index in [4.69, 9.17) is 9.47 Å². The number of amides is 1. The molecule has 0 aromatic heterocycles. The van der Waals surface area contributed by atoms with Crippen LogP contribution in [0.1, 0.15) is 12.5 Å². The fourth-order valence-corrected chi connectivity index (χ4v) is 2.52. The second kappa shape index (κ2) is 8.67. The normalized spacial score (nSPS) is 10.8. The van der Waals surface area contributed by atoms with E-state index in [2.05, 4.69) is 10.5 Å². The van der Waals surface area contributed by atoms with Crippen molar-refractivity contribution in [1.82, 2.24) is 5.43 Å². The van der Waals surface area contributed by atoms with Crippen LogP contribution in [-0.4, -0.2) is 25.3 Å². The fourth-order valence-electron chi connectivity index (χ4n) is 2.52. The molecule has 3 rings (SSSR count). The van der Waals surface area contributed by atoms with Crippen LogP contribution in [-0.2, 0) is 4.79 Å². The van der Waals surface area contributed by atoms with Crippen LogP contribution >= 0.6 is 0 Å². The van der Waals surface area contributed by atoms with E-state index in [9.17, 15) is 4.79 Å². The number of carbonyl (C=O) groups is 1. The molecule has 0 fully saturated rings. The summed E-state index contributed by atoms with van der Waals surface area (Å²) in [4.78, 5) is 11.9. The van der Waals surface area contributed by atoms with Gasteiger partial charge in [0.1, 0.15) is 11.5 Å². The van der Waals surface area contributed by atoms with Gasteiger partial charge in [0.05, 0.1) is 12.8 Å². The first-order valence-electron chi connectivity index (χ1n) is 8.41. The topological polar surface area (TPSA) is 59.9 Å². The van der Waals surface area contributed by atoms with E-state index in [-0.39, 0.29) is 12.5 Å². The van der Waals surface area contributed by atoms with Gasteiger partial charge in [0.25, 0.3) is 5.91 Å². The Morgan fingerprint density at radius 1 is 0.962 bits per heavy atom. The minimum atomic E-state index is -0.324. The highest BCUT2D eigenvalue weighted by atomic mass is 16.5. The molecule has 0 atom stereocenters. The van der Waals surface area contributed by atoms with Crippen LogP contribution in [0.25, 0.3) is 10.8 Å². The van der Waals surface area contributed by atoms with Crippen molar-refractivity contribution < 1.29 is 14.3 Å². The van der Waals surface area contributed by atoms with Crippen molar-refractivity contribution >= 4 is 22.9 Å². The Bertz CT molecular complexity index is 899. The zero-order chi connectivity index (χ0) is 18.2. The Hall–Kier alpha value is -3.34. The molecule has 5 heteroatoms. The quantitative estimate of drug-likeness (QED) is 0.522. The van der Waals surface area contributed by atoms with Gasteiger partial charge in [-0.15, -0.1) is 0 Å². The maximum Gasteiger partial charge on any atom is 0.277 e. The molecule has 0 aliphatic rings. The van der Waals surface area contributed by atoms with Crippen LogP contribution in [0.4, 0.5) is 0 Å². The summed E-state index contributed by atoms with van der Waals surface area (Å²) in [5, 5.41) is 6.23. The summed E-state index contributed by atoms with van der Waals surface area (Å²) in [7, 11) is 0. The number of fused-ring (bicyclic) bond motifs is 1. The van der Waals surface area contributed by atoms with E-state index in [1.165, 1.54) is 0 Å². The molecule has 1 N–H and O–H groups in total. The molecular formula is C21H20N2O3. The van der Waals surface area contributed by atoms with Crippen molar-refractivity contribution in [1.29, 1.82) is 0 Å². The molecule has 0 saturated heterocycles. The number of benzene rings is 3. The number of ether oxygens (including phenoxy) is 2. The average molecular weight is 348 g/mol. The highest BCUT2D eigenvalue weighted by Crippen LogP contribution is 2.18. The minimum absolute atomic E-state index is 0.110. The third-order valence-corrected chi connectivity index (χ3v) is 3.72. The molecule has 1 amide bonds. The highest BCUT2D eigenvalue weighted by molar-refractivity contribution is 5.99. The van der Waals surface area contributed by atoms with E-state index in [1.54, 1.807) is 30.5 Å². The molecule has 0 unspecified atom stereocenters. The maximum absolute atomic E-state index is 11.9. The van der Waals surface area contributed by atoms with E-state index < -0.39 is 0 Å². The summed E-state index contributed by atoms with van der Waals surface area (Å²) < 4.78 is 10.8. The number of hydrazone groups is 1. The van der Waals surface area contributed by atoms with Crippen molar-refractivity contribution in [2.24, 2.45) is 5.10 Å². The Kier molecular flexibility index (Phi) is 5.83. The number of hydrogen-bond acceptors (Lipinski definition) is 4. The van der Waals surface area contributed by atoms with Gasteiger partial charge in [-0.05, 0) is 42.0 Å². The van der Waals surface area contributed by atoms with Crippen LogP contribution in [0.5, 0.6) is 11.5 Å². The second-order valence-corrected chi connectivity index (χ2v) is 5.55. The molecule has 0 heterocycles. The maximum atomic E-state index is 11.9. The van der Waals surface area contributed by atoms with Gasteiger partial charge in [-0.3, -0.25) is 4.79 Å². The predicted octanol–water partition coefficient (Wildman–Crippen LogP) is 3.77. The van der Waals surface area contributed by atoms with Crippen molar-refractivity contribution in [3.8, 4) is 11.5 Å². The first-order chi connectivity index (χ1) is 12.8. The molecule has 0 aliphatic carbocycles. The predicted molar refractivity (Wildman–Crippen MR) is 103 cm³/mol. The van der Waals surface area contributed by atoms with Crippen LogP contribution in [0, 0.1) is 0 Å². The standard InChI is InChI=1S/C21H20N2O3/c1-2-25-18-10-12-19(13-11-18)26-15-21(24)23-22-14-17-8-5-7-16-6-3-4-9-20(16)17/h3-14H,2,15H2,1H3,(H,23,24)/b22-14-. The van der Waals surface area contributed by atoms with E-state index in [1.807, 2.05) is 49.4 Å². The zero-order valence-corrected chi connectivity index (χ0v) is 14.5. The molecule has 0 radical (unpaired) electrons. The van der Waals surface area contributed by atoms with Gasteiger partial charge in [0, 0.05) is 5.56 Å². The molecule has 0 aliphatic heterocycles. The summed E-state index contributed by atoms with van der Waals surface area (Å²) >= 11 is 0. The van der Waals surface area contributed by atoms with Gasteiger partial charge in [0.15, 0.2) is 6.61 Å². The van der Waals surface area contributed by atoms with Crippen LogP contribution < -0.4 is 14.9 Å². The molecule has 132 valence electrons. The Labute approximate surface area is 152 Å². The molecule has 0 bridgehead atoms. The monoisotopic (exact) mass is 348 g/mol. The Balaban J connectivity index is 1.52. The molecular weight excluding hydrogens is 328 g/mol. The van der Waals surface area contributed by atoms with Crippen LogP contribution in [0.2, 0.25) is 0 Å². The number of nitrogens with one attached hydrogen (secondary N) is 1. The molecule has 0 saturated carbocycles. The van der Waals surface area contributed by atoms with Gasteiger partial charge >= 0.3 is 0 Å². The molecule has 26 heavy (non-hydrogen) atoms. The molecule has 3 aromatic rings. The first-order valence-corrected chi connectivity index (χ1v) is 8.41. The minimum Gasteiger partial charge on any atom is -0.494 e. The number of rotatable bonds is 7.